The number of hydrogen-bond acceptors (Lipinski definition) is 9. The minimum absolute atomic E-state index is 0.0502. The molecule has 3 aliphatic heterocycles. The number of aliphatic hydroxyl groups excluding tert-OH is 1. The number of rotatable bonds is 15. The van der Waals surface area contributed by atoms with Crippen LogP contribution in [0.3, 0.4) is 0 Å². The standard InChI is InChI=1S/C34H46N6O5/c1-2-3-4-5-6-7-8-9-10-31(41)30-20-19-29-32(39(30)36-25-11-13-28(14-12-25)40(44)45)34(43)38(33(29)42)27-17-15-26(16-18-27)37-23-21-35-22-24-37/h11-20,29-32,35-36,41H,2-10,21-24H2,1H3. The molecule has 0 bridgehead atoms. The summed E-state index contributed by atoms with van der Waals surface area (Å²) in [6, 6.07) is 12.0. The number of carbonyl (C=O) groups excluding carboxylic acids is 2. The first kappa shape index (κ1) is 32.6. The van der Waals surface area contributed by atoms with Gasteiger partial charge < -0.3 is 20.7 Å². The number of fused-ring (bicyclic) bond motifs is 1. The lowest BCUT2D eigenvalue weighted by molar-refractivity contribution is -0.384. The fraction of sp³-hybridized carbons (Fsp3) is 0.529. The second-order valence-corrected chi connectivity index (χ2v) is 12.3. The topological polar surface area (TPSA) is 131 Å². The highest BCUT2D eigenvalue weighted by Gasteiger charge is 2.54. The number of amides is 2. The van der Waals surface area contributed by atoms with Crippen LogP contribution in [0.1, 0.15) is 64.7 Å². The van der Waals surface area contributed by atoms with Gasteiger partial charge in [0.25, 0.3) is 11.6 Å². The zero-order valence-electron chi connectivity index (χ0n) is 26.1. The van der Waals surface area contributed by atoms with Gasteiger partial charge in [0.2, 0.25) is 5.91 Å². The van der Waals surface area contributed by atoms with Crippen molar-refractivity contribution in [2.24, 2.45) is 5.92 Å². The highest BCUT2D eigenvalue weighted by Crippen LogP contribution is 2.37. The van der Waals surface area contributed by atoms with Crippen LogP contribution in [-0.4, -0.2) is 71.2 Å². The van der Waals surface area contributed by atoms with E-state index in [9.17, 15) is 24.8 Å². The van der Waals surface area contributed by atoms with Crippen LogP contribution in [-0.2, 0) is 9.59 Å². The second kappa shape index (κ2) is 15.5. The summed E-state index contributed by atoms with van der Waals surface area (Å²) in [7, 11) is 0. The summed E-state index contributed by atoms with van der Waals surface area (Å²) >= 11 is 0. The first-order valence-electron chi connectivity index (χ1n) is 16.5. The van der Waals surface area contributed by atoms with E-state index in [0.717, 1.165) is 51.1 Å². The van der Waals surface area contributed by atoms with Gasteiger partial charge in [0, 0.05) is 49.7 Å². The molecular formula is C34H46N6O5. The second-order valence-electron chi connectivity index (χ2n) is 12.3. The van der Waals surface area contributed by atoms with Crippen LogP contribution in [0.15, 0.2) is 60.7 Å². The van der Waals surface area contributed by atoms with E-state index in [4.69, 9.17) is 0 Å². The van der Waals surface area contributed by atoms with E-state index in [2.05, 4.69) is 22.6 Å². The monoisotopic (exact) mass is 618 g/mol. The number of carbonyl (C=O) groups is 2. The summed E-state index contributed by atoms with van der Waals surface area (Å²) < 4.78 is 0. The Morgan fingerprint density at radius 3 is 2.16 bits per heavy atom. The normalized spacial score (nSPS) is 22.5. The van der Waals surface area contributed by atoms with E-state index in [1.807, 2.05) is 30.3 Å². The van der Waals surface area contributed by atoms with Crippen molar-refractivity contribution in [1.29, 1.82) is 0 Å². The molecule has 242 valence electrons. The van der Waals surface area contributed by atoms with E-state index >= 15 is 0 Å². The Labute approximate surface area is 265 Å². The summed E-state index contributed by atoms with van der Waals surface area (Å²) in [6.07, 6.45) is 12.6. The average molecular weight is 619 g/mol. The molecule has 5 rings (SSSR count). The number of nitro groups is 1. The van der Waals surface area contributed by atoms with Crippen molar-refractivity contribution < 1.29 is 19.6 Å². The Kier molecular flexibility index (Phi) is 11.2. The van der Waals surface area contributed by atoms with E-state index in [1.165, 1.54) is 49.1 Å². The Bertz CT molecular complexity index is 1330. The van der Waals surface area contributed by atoms with Crippen molar-refractivity contribution in [3.05, 3.63) is 70.8 Å². The molecule has 0 radical (unpaired) electrons. The van der Waals surface area contributed by atoms with Crippen LogP contribution in [0.2, 0.25) is 0 Å². The number of aliphatic hydroxyl groups is 1. The lowest BCUT2D eigenvalue weighted by Gasteiger charge is -2.40. The molecule has 4 unspecified atom stereocenters. The van der Waals surface area contributed by atoms with Crippen LogP contribution >= 0.6 is 0 Å². The lowest BCUT2D eigenvalue weighted by atomic mass is 9.91. The summed E-state index contributed by atoms with van der Waals surface area (Å²) in [6.45, 7) is 5.80. The van der Waals surface area contributed by atoms with Gasteiger partial charge in [0.05, 0.1) is 28.7 Å². The van der Waals surface area contributed by atoms with Crippen LogP contribution in [0, 0.1) is 16.0 Å². The maximum atomic E-state index is 14.1. The number of hydrazine groups is 1. The third-order valence-corrected chi connectivity index (χ3v) is 9.13. The van der Waals surface area contributed by atoms with Crippen molar-refractivity contribution in [1.82, 2.24) is 10.3 Å². The minimum Gasteiger partial charge on any atom is -0.391 e. The molecule has 11 heteroatoms. The third kappa shape index (κ3) is 7.71. The van der Waals surface area contributed by atoms with Gasteiger partial charge in [0.1, 0.15) is 6.04 Å². The number of piperazine rings is 1. The van der Waals surface area contributed by atoms with Crippen molar-refractivity contribution in [2.75, 3.05) is 41.4 Å². The number of imide groups is 1. The summed E-state index contributed by atoms with van der Waals surface area (Å²) in [5.74, 6) is -1.42. The molecule has 0 spiro atoms. The van der Waals surface area contributed by atoms with Gasteiger partial charge in [-0.05, 0) is 42.8 Å². The van der Waals surface area contributed by atoms with E-state index < -0.39 is 29.0 Å². The molecule has 2 aromatic rings. The summed E-state index contributed by atoms with van der Waals surface area (Å²) in [5, 5.41) is 27.6. The highest BCUT2D eigenvalue weighted by molar-refractivity contribution is 6.24. The molecule has 11 nitrogen and oxygen atoms in total. The molecule has 0 aromatic heterocycles. The molecule has 2 aromatic carbocycles. The maximum absolute atomic E-state index is 14.1. The summed E-state index contributed by atoms with van der Waals surface area (Å²) in [5.41, 5.74) is 5.27. The van der Waals surface area contributed by atoms with Crippen molar-refractivity contribution in [3.63, 3.8) is 0 Å². The smallest absolute Gasteiger partial charge is 0.269 e. The number of anilines is 3. The Hall–Kier alpha value is -3.80. The van der Waals surface area contributed by atoms with Gasteiger partial charge in [-0.1, -0.05) is 70.4 Å². The first-order valence-corrected chi connectivity index (χ1v) is 16.5. The predicted octanol–water partition coefficient (Wildman–Crippen LogP) is 5.02. The first-order chi connectivity index (χ1) is 21.9. The van der Waals surface area contributed by atoms with Crippen LogP contribution in [0.4, 0.5) is 22.7 Å². The number of benzene rings is 2. The van der Waals surface area contributed by atoms with Gasteiger partial charge in [-0.25, -0.2) is 9.91 Å². The predicted molar refractivity (Wildman–Crippen MR) is 176 cm³/mol. The zero-order valence-corrected chi connectivity index (χ0v) is 26.1. The number of hydrogen-bond donors (Lipinski definition) is 3. The molecule has 3 aliphatic rings. The fourth-order valence-electron chi connectivity index (χ4n) is 6.58. The SMILES string of the molecule is CCCCCCCCCCC(O)C1C=CC2C(=O)N(c3ccc(N4CCNCC4)cc3)C(=O)C2N1Nc1ccc([N+](=O)[O-])cc1. The fourth-order valence-corrected chi connectivity index (χ4v) is 6.58. The Morgan fingerprint density at radius 1 is 0.889 bits per heavy atom. The van der Waals surface area contributed by atoms with Crippen LogP contribution in [0.25, 0.3) is 0 Å². The van der Waals surface area contributed by atoms with Gasteiger partial charge in [-0.15, -0.1) is 0 Å². The number of nitrogens with one attached hydrogen (secondary N) is 2. The number of non-ortho nitro benzene ring substituents is 1. The molecule has 3 N–H and O–H groups in total. The van der Waals surface area contributed by atoms with Crippen molar-refractivity contribution >= 4 is 34.6 Å². The van der Waals surface area contributed by atoms with E-state index in [-0.39, 0.29) is 17.5 Å². The Balaban J connectivity index is 1.32. The van der Waals surface area contributed by atoms with Gasteiger partial charge in [-0.3, -0.25) is 19.7 Å². The van der Waals surface area contributed by atoms with E-state index in [0.29, 0.717) is 17.8 Å². The molecule has 45 heavy (non-hydrogen) atoms. The average Bonchev–Trinajstić information content (AvgIpc) is 3.32. The number of nitro benzene ring substituents is 1. The minimum atomic E-state index is -0.885. The highest BCUT2D eigenvalue weighted by atomic mass is 16.6. The van der Waals surface area contributed by atoms with Crippen LogP contribution in [0.5, 0.6) is 0 Å². The van der Waals surface area contributed by atoms with Crippen molar-refractivity contribution in [3.8, 4) is 0 Å². The maximum Gasteiger partial charge on any atom is 0.269 e. The lowest BCUT2D eigenvalue weighted by Crippen LogP contribution is -2.57. The quantitative estimate of drug-likeness (QED) is 0.0828. The Morgan fingerprint density at radius 2 is 1.51 bits per heavy atom. The van der Waals surface area contributed by atoms with Crippen molar-refractivity contribution in [2.45, 2.75) is 82.9 Å². The molecule has 2 saturated heterocycles. The molecular weight excluding hydrogens is 572 g/mol. The number of nitrogens with zero attached hydrogens (tertiary/aromatic N) is 4. The summed E-state index contributed by atoms with van der Waals surface area (Å²) in [4.78, 5) is 42.0. The molecule has 4 atom stereocenters. The molecule has 2 amide bonds. The largest absolute Gasteiger partial charge is 0.391 e. The van der Waals surface area contributed by atoms with E-state index in [1.54, 1.807) is 23.2 Å². The molecule has 2 fully saturated rings. The van der Waals surface area contributed by atoms with Gasteiger partial charge in [-0.2, -0.15) is 0 Å². The number of unbranched alkanes of at least 4 members (excludes halogenated alkanes) is 7. The van der Waals surface area contributed by atoms with Gasteiger partial charge >= 0.3 is 0 Å². The van der Waals surface area contributed by atoms with Crippen LogP contribution < -0.4 is 20.5 Å². The zero-order chi connectivity index (χ0) is 31.8. The molecule has 3 heterocycles. The molecule has 0 saturated carbocycles. The molecule has 0 aliphatic carbocycles. The third-order valence-electron chi connectivity index (χ3n) is 9.13. The van der Waals surface area contributed by atoms with Gasteiger partial charge in [0.15, 0.2) is 0 Å².